The Morgan fingerprint density at radius 3 is 2.47 bits per heavy atom. The smallest absolute Gasteiger partial charge is 0.343 e. The van der Waals surface area contributed by atoms with Crippen LogP contribution in [0.2, 0.25) is 0 Å². The van der Waals surface area contributed by atoms with Crippen LogP contribution in [0, 0.1) is 5.41 Å². The zero-order chi connectivity index (χ0) is 14.1. The molecule has 1 fully saturated rings. The highest BCUT2D eigenvalue weighted by molar-refractivity contribution is 5.84. The summed E-state index contributed by atoms with van der Waals surface area (Å²) in [4.78, 5) is 12.4. The maximum absolute atomic E-state index is 12.4. The van der Waals surface area contributed by atoms with Gasteiger partial charge in [-0.25, -0.2) is 4.79 Å². The fourth-order valence-electron chi connectivity index (χ4n) is 2.72. The van der Waals surface area contributed by atoms with Gasteiger partial charge in [0.2, 0.25) is 0 Å². The van der Waals surface area contributed by atoms with Crippen LogP contribution in [0.5, 0.6) is 0 Å². The third kappa shape index (κ3) is 1.86. The Labute approximate surface area is 113 Å². The summed E-state index contributed by atoms with van der Waals surface area (Å²) >= 11 is 0. The number of rotatable bonds is 4. The van der Waals surface area contributed by atoms with Crippen LogP contribution in [0.3, 0.4) is 0 Å². The van der Waals surface area contributed by atoms with E-state index >= 15 is 0 Å². The molecular weight excluding hydrogens is 244 g/mol. The number of carbonyl (C=O) groups excluding carboxylic acids is 1. The lowest BCUT2D eigenvalue weighted by atomic mass is 9.62. The minimum absolute atomic E-state index is 0.110. The Bertz CT molecular complexity index is 454. The first kappa shape index (κ1) is 14.0. The Morgan fingerprint density at radius 1 is 1.37 bits per heavy atom. The summed E-state index contributed by atoms with van der Waals surface area (Å²) in [6.07, 6.45) is -0.364. The number of aliphatic hydroxyl groups excluding tert-OH is 1. The molecule has 1 aliphatic rings. The van der Waals surface area contributed by atoms with Crippen molar-refractivity contribution < 1.29 is 19.4 Å². The van der Waals surface area contributed by atoms with Crippen LogP contribution in [0.1, 0.15) is 26.3 Å². The zero-order valence-electron chi connectivity index (χ0n) is 11.6. The summed E-state index contributed by atoms with van der Waals surface area (Å²) in [6, 6.07) is 9.32. The van der Waals surface area contributed by atoms with E-state index in [0.29, 0.717) is 6.61 Å². The first-order valence-corrected chi connectivity index (χ1v) is 6.52. The molecule has 0 amide bonds. The van der Waals surface area contributed by atoms with Crippen LogP contribution in [-0.2, 0) is 19.9 Å². The summed E-state index contributed by atoms with van der Waals surface area (Å²) in [5, 5.41) is 9.34. The highest BCUT2D eigenvalue weighted by Gasteiger charge is 2.67. The lowest BCUT2D eigenvalue weighted by molar-refractivity contribution is -0.316. The van der Waals surface area contributed by atoms with Gasteiger partial charge in [-0.1, -0.05) is 44.2 Å². The van der Waals surface area contributed by atoms with Crippen molar-refractivity contribution in [3.05, 3.63) is 35.9 Å². The van der Waals surface area contributed by atoms with Crippen molar-refractivity contribution in [2.75, 3.05) is 13.2 Å². The number of carbonyl (C=O) groups is 1. The molecule has 1 N–H and O–H groups in total. The quantitative estimate of drug-likeness (QED) is 0.843. The van der Waals surface area contributed by atoms with E-state index in [9.17, 15) is 9.90 Å². The average molecular weight is 264 g/mol. The molecular formula is C15H20O4. The van der Waals surface area contributed by atoms with Crippen LogP contribution in [0.4, 0.5) is 0 Å². The molecule has 0 unspecified atom stereocenters. The van der Waals surface area contributed by atoms with E-state index in [4.69, 9.17) is 9.47 Å². The summed E-state index contributed by atoms with van der Waals surface area (Å²) in [6.45, 7) is 5.80. The van der Waals surface area contributed by atoms with Gasteiger partial charge >= 0.3 is 5.97 Å². The van der Waals surface area contributed by atoms with Gasteiger partial charge in [-0.2, -0.15) is 0 Å². The lowest BCUT2D eigenvalue weighted by Crippen LogP contribution is -2.69. The molecule has 2 atom stereocenters. The van der Waals surface area contributed by atoms with Gasteiger partial charge in [0, 0.05) is 5.41 Å². The molecule has 1 saturated heterocycles. The Hall–Kier alpha value is -1.39. The lowest BCUT2D eigenvalue weighted by Gasteiger charge is -2.58. The average Bonchev–Trinajstić information content (AvgIpc) is 2.40. The van der Waals surface area contributed by atoms with Crippen LogP contribution in [-0.4, -0.2) is 30.4 Å². The van der Waals surface area contributed by atoms with Gasteiger partial charge in [0.25, 0.3) is 0 Å². The maximum atomic E-state index is 12.4. The molecule has 104 valence electrons. The number of hydrogen-bond donors (Lipinski definition) is 1. The molecule has 0 saturated carbocycles. The van der Waals surface area contributed by atoms with Crippen molar-refractivity contribution in [2.24, 2.45) is 5.41 Å². The van der Waals surface area contributed by atoms with E-state index in [-0.39, 0.29) is 12.7 Å². The third-order valence-corrected chi connectivity index (χ3v) is 3.94. The largest absolute Gasteiger partial charge is 0.464 e. The van der Waals surface area contributed by atoms with Crippen LogP contribution < -0.4 is 0 Å². The molecule has 0 bridgehead atoms. The van der Waals surface area contributed by atoms with E-state index < -0.39 is 17.0 Å². The van der Waals surface area contributed by atoms with Gasteiger partial charge in [-0.05, 0) is 12.5 Å². The molecule has 0 aliphatic carbocycles. The normalized spacial score (nSPS) is 28.5. The van der Waals surface area contributed by atoms with Crippen molar-refractivity contribution in [2.45, 2.75) is 32.5 Å². The van der Waals surface area contributed by atoms with Crippen LogP contribution in [0.15, 0.2) is 30.3 Å². The van der Waals surface area contributed by atoms with Gasteiger partial charge in [0.05, 0.1) is 19.3 Å². The van der Waals surface area contributed by atoms with Gasteiger partial charge in [0.1, 0.15) is 0 Å². The standard InChI is InChI=1S/C15H20O4/c1-4-18-13(17)15(11-8-6-5-7-9-11)14(2,3)12(10-16)19-15/h5-9,12,16H,4,10H2,1-3H3/t12-,15-/m0/s1. The third-order valence-electron chi connectivity index (χ3n) is 3.94. The minimum atomic E-state index is -1.13. The second kappa shape index (κ2) is 4.94. The highest BCUT2D eigenvalue weighted by atomic mass is 16.6. The van der Waals surface area contributed by atoms with Crippen molar-refractivity contribution in [3.63, 3.8) is 0 Å². The molecule has 0 aromatic heterocycles. The molecule has 0 spiro atoms. The number of hydrogen-bond acceptors (Lipinski definition) is 4. The first-order chi connectivity index (χ1) is 9.00. The second-order valence-electron chi connectivity index (χ2n) is 5.28. The second-order valence-corrected chi connectivity index (χ2v) is 5.28. The van der Waals surface area contributed by atoms with E-state index in [1.54, 1.807) is 6.92 Å². The summed E-state index contributed by atoms with van der Waals surface area (Å²) < 4.78 is 11.0. The van der Waals surface area contributed by atoms with Gasteiger partial charge in [0.15, 0.2) is 5.60 Å². The molecule has 4 nitrogen and oxygen atoms in total. The number of benzene rings is 1. The molecule has 1 aromatic carbocycles. The van der Waals surface area contributed by atoms with Crippen LogP contribution >= 0.6 is 0 Å². The number of esters is 1. The van der Waals surface area contributed by atoms with E-state index in [0.717, 1.165) is 5.56 Å². The van der Waals surface area contributed by atoms with Crippen molar-refractivity contribution in [1.29, 1.82) is 0 Å². The predicted octanol–water partition coefficient (Wildman–Crippen LogP) is 1.86. The Morgan fingerprint density at radius 2 is 2.00 bits per heavy atom. The molecule has 2 rings (SSSR count). The van der Waals surface area contributed by atoms with Crippen molar-refractivity contribution in [1.82, 2.24) is 0 Å². The predicted molar refractivity (Wildman–Crippen MR) is 70.5 cm³/mol. The molecule has 4 heteroatoms. The van der Waals surface area contributed by atoms with E-state index in [1.807, 2.05) is 44.2 Å². The Kier molecular flexibility index (Phi) is 3.65. The van der Waals surface area contributed by atoms with Gasteiger partial charge in [-0.3, -0.25) is 0 Å². The van der Waals surface area contributed by atoms with E-state index in [1.165, 1.54) is 0 Å². The molecule has 1 heterocycles. The topological polar surface area (TPSA) is 55.8 Å². The number of aliphatic hydroxyl groups is 1. The zero-order valence-corrected chi connectivity index (χ0v) is 11.6. The van der Waals surface area contributed by atoms with Crippen LogP contribution in [0.25, 0.3) is 0 Å². The molecule has 1 aromatic rings. The van der Waals surface area contributed by atoms with Crippen molar-refractivity contribution in [3.8, 4) is 0 Å². The monoisotopic (exact) mass is 264 g/mol. The number of ether oxygens (including phenoxy) is 2. The fourth-order valence-corrected chi connectivity index (χ4v) is 2.72. The minimum Gasteiger partial charge on any atom is -0.464 e. The summed E-state index contributed by atoms with van der Waals surface area (Å²) in [5.41, 5.74) is -0.879. The van der Waals surface area contributed by atoms with Gasteiger partial charge in [-0.15, -0.1) is 0 Å². The highest BCUT2D eigenvalue weighted by Crippen LogP contribution is 2.56. The summed E-state index contributed by atoms with van der Waals surface area (Å²) in [7, 11) is 0. The van der Waals surface area contributed by atoms with Gasteiger partial charge < -0.3 is 14.6 Å². The maximum Gasteiger partial charge on any atom is 0.343 e. The molecule has 19 heavy (non-hydrogen) atoms. The Balaban J connectivity index is 2.45. The fraction of sp³-hybridized carbons (Fsp3) is 0.533. The van der Waals surface area contributed by atoms with E-state index in [2.05, 4.69) is 0 Å². The molecule has 0 radical (unpaired) electrons. The SMILES string of the molecule is CCOC(=O)[C@]1(c2ccccc2)O[C@@H](CO)C1(C)C. The van der Waals surface area contributed by atoms with Crippen molar-refractivity contribution >= 4 is 5.97 Å². The molecule has 1 aliphatic heterocycles. The first-order valence-electron chi connectivity index (χ1n) is 6.52. The summed E-state index contributed by atoms with van der Waals surface area (Å²) in [5.74, 6) is -0.393.